The Morgan fingerprint density at radius 1 is 1.33 bits per heavy atom. The van der Waals surface area contributed by atoms with Gasteiger partial charge in [-0.25, -0.2) is 0 Å². The van der Waals surface area contributed by atoms with Gasteiger partial charge in [-0.15, -0.1) is 11.3 Å². The summed E-state index contributed by atoms with van der Waals surface area (Å²) in [5.41, 5.74) is 2.77. The molecule has 0 spiro atoms. The standard InChI is InChI=1S/C15H18INS/c1-3-8-17-15(14-7-9-18-11(14)2)12-5-4-6-13(16)10-12/h4-7,9-10,15,17H,3,8H2,1-2H3. The number of aryl methyl sites for hydroxylation is 1. The average molecular weight is 371 g/mol. The molecule has 1 N–H and O–H groups in total. The Morgan fingerprint density at radius 3 is 2.78 bits per heavy atom. The summed E-state index contributed by atoms with van der Waals surface area (Å²) in [4.78, 5) is 1.41. The zero-order valence-corrected chi connectivity index (χ0v) is 13.7. The van der Waals surface area contributed by atoms with Crippen LogP contribution in [0, 0.1) is 10.5 Å². The van der Waals surface area contributed by atoms with E-state index in [1.54, 1.807) is 0 Å². The van der Waals surface area contributed by atoms with E-state index in [-0.39, 0.29) is 0 Å². The second-order valence-corrected chi connectivity index (χ2v) is 6.74. The van der Waals surface area contributed by atoms with Crippen molar-refractivity contribution in [3.8, 4) is 0 Å². The van der Waals surface area contributed by atoms with Crippen molar-refractivity contribution in [1.29, 1.82) is 0 Å². The van der Waals surface area contributed by atoms with Crippen LogP contribution in [0.15, 0.2) is 35.7 Å². The van der Waals surface area contributed by atoms with Gasteiger partial charge in [-0.3, -0.25) is 0 Å². The molecule has 18 heavy (non-hydrogen) atoms. The van der Waals surface area contributed by atoms with Crippen LogP contribution in [0.2, 0.25) is 0 Å². The second kappa shape index (κ2) is 6.68. The largest absolute Gasteiger partial charge is 0.306 e. The van der Waals surface area contributed by atoms with Crippen LogP contribution in [-0.2, 0) is 0 Å². The third-order valence-electron chi connectivity index (χ3n) is 2.99. The third kappa shape index (κ3) is 3.33. The molecule has 0 fully saturated rings. The summed E-state index contributed by atoms with van der Waals surface area (Å²) in [6, 6.07) is 11.3. The fraction of sp³-hybridized carbons (Fsp3) is 0.333. The minimum atomic E-state index is 0.325. The van der Waals surface area contributed by atoms with E-state index in [9.17, 15) is 0 Å². The highest BCUT2D eigenvalue weighted by Gasteiger charge is 2.16. The molecule has 2 rings (SSSR count). The van der Waals surface area contributed by atoms with Gasteiger partial charge < -0.3 is 5.32 Å². The van der Waals surface area contributed by atoms with Crippen molar-refractivity contribution in [2.24, 2.45) is 0 Å². The topological polar surface area (TPSA) is 12.0 Å². The first-order chi connectivity index (χ1) is 8.72. The Bertz CT molecular complexity index is 507. The Hall–Kier alpha value is -0.390. The van der Waals surface area contributed by atoms with Crippen molar-refractivity contribution in [1.82, 2.24) is 5.32 Å². The van der Waals surface area contributed by atoms with Crippen LogP contribution in [0.3, 0.4) is 0 Å². The first kappa shape index (κ1) is 14.0. The molecule has 1 atom stereocenters. The molecular formula is C15H18INS. The molecule has 0 amide bonds. The predicted molar refractivity (Wildman–Crippen MR) is 88.4 cm³/mol. The van der Waals surface area contributed by atoms with Gasteiger partial charge in [0.25, 0.3) is 0 Å². The van der Waals surface area contributed by atoms with Crippen LogP contribution in [0.1, 0.15) is 35.4 Å². The second-order valence-electron chi connectivity index (χ2n) is 4.37. The van der Waals surface area contributed by atoms with E-state index in [1.807, 2.05) is 11.3 Å². The molecule has 0 aliphatic rings. The molecule has 96 valence electrons. The summed E-state index contributed by atoms with van der Waals surface area (Å²) >= 11 is 4.20. The fourth-order valence-corrected chi connectivity index (χ4v) is 3.38. The maximum atomic E-state index is 3.66. The summed E-state index contributed by atoms with van der Waals surface area (Å²) in [7, 11) is 0. The van der Waals surface area contributed by atoms with Crippen molar-refractivity contribution in [2.75, 3.05) is 6.54 Å². The van der Waals surface area contributed by atoms with E-state index in [1.165, 1.54) is 19.6 Å². The molecule has 1 unspecified atom stereocenters. The lowest BCUT2D eigenvalue weighted by atomic mass is 9.99. The van der Waals surface area contributed by atoms with Crippen molar-refractivity contribution in [3.63, 3.8) is 0 Å². The molecule has 0 saturated heterocycles. The molecule has 0 radical (unpaired) electrons. The van der Waals surface area contributed by atoms with Gasteiger partial charge in [0.15, 0.2) is 0 Å². The van der Waals surface area contributed by atoms with Gasteiger partial charge in [0.1, 0.15) is 0 Å². The van der Waals surface area contributed by atoms with Crippen LogP contribution in [0.5, 0.6) is 0 Å². The summed E-state index contributed by atoms with van der Waals surface area (Å²) in [5, 5.41) is 5.84. The van der Waals surface area contributed by atoms with Crippen LogP contribution >= 0.6 is 33.9 Å². The van der Waals surface area contributed by atoms with E-state index in [0.29, 0.717) is 6.04 Å². The zero-order valence-electron chi connectivity index (χ0n) is 10.7. The molecule has 1 heterocycles. The van der Waals surface area contributed by atoms with Crippen LogP contribution in [-0.4, -0.2) is 6.54 Å². The minimum absolute atomic E-state index is 0.325. The fourth-order valence-electron chi connectivity index (χ4n) is 2.08. The molecule has 1 aromatic heterocycles. The van der Waals surface area contributed by atoms with Crippen LogP contribution in [0.4, 0.5) is 0 Å². The van der Waals surface area contributed by atoms with Crippen LogP contribution < -0.4 is 5.32 Å². The van der Waals surface area contributed by atoms with Gasteiger partial charge in [0, 0.05) is 8.45 Å². The molecule has 0 bridgehead atoms. The number of nitrogens with one attached hydrogen (secondary N) is 1. The minimum Gasteiger partial charge on any atom is -0.306 e. The van der Waals surface area contributed by atoms with Gasteiger partial charge in [-0.2, -0.15) is 0 Å². The van der Waals surface area contributed by atoms with Gasteiger partial charge in [0.05, 0.1) is 6.04 Å². The van der Waals surface area contributed by atoms with E-state index in [4.69, 9.17) is 0 Å². The third-order valence-corrected chi connectivity index (χ3v) is 4.52. The molecule has 0 aliphatic carbocycles. The first-order valence-corrected chi connectivity index (χ1v) is 8.21. The number of benzene rings is 1. The Balaban J connectivity index is 2.33. The van der Waals surface area contributed by atoms with Crippen molar-refractivity contribution < 1.29 is 0 Å². The Morgan fingerprint density at radius 2 is 2.17 bits per heavy atom. The van der Waals surface area contributed by atoms with Gasteiger partial charge >= 0.3 is 0 Å². The molecule has 0 saturated carbocycles. The molecule has 2 aromatic rings. The summed E-state index contributed by atoms with van der Waals surface area (Å²) in [5.74, 6) is 0. The highest BCUT2D eigenvalue weighted by atomic mass is 127. The van der Waals surface area contributed by atoms with E-state index >= 15 is 0 Å². The van der Waals surface area contributed by atoms with Crippen molar-refractivity contribution in [3.05, 3.63) is 55.3 Å². The smallest absolute Gasteiger partial charge is 0.0587 e. The SMILES string of the molecule is CCCNC(c1cccc(I)c1)c1ccsc1C. The van der Waals surface area contributed by atoms with Gasteiger partial charge in [-0.05, 0) is 77.2 Å². The van der Waals surface area contributed by atoms with E-state index in [0.717, 1.165) is 13.0 Å². The van der Waals surface area contributed by atoms with Crippen LogP contribution in [0.25, 0.3) is 0 Å². The lowest BCUT2D eigenvalue weighted by Gasteiger charge is -2.19. The predicted octanol–water partition coefficient (Wildman–Crippen LogP) is 4.75. The molecule has 0 aliphatic heterocycles. The maximum absolute atomic E-state index is 3.66. The quantitative estimate of drug-likeness (QED) is 0.748. The number of hydrogen-bond donors (Lipinski definition) is 1. The summed E-state index contributed by atoms with van der Waals surface area (Å²) < 4.78 is 1.29. The van der Waals surface area contributed by atoms with Gasteiger partial charge in [0.2, 0.25) is 0 Å². The first-order valence-electron chi connectivity index (χ1n) is 6.25. The van der Waals surface area contributed by atoms with Gasteiger partial charge in [-0.1, -0.05) is 19.1 Å². The Kier molecular flexibility index (Phi) is 5.21. The average Bonchev–Trinajstić information content (AvgIpc) is 2.77. The molecule has 1 aromatic carbocycles. The highest BCUT2D eigenvalue weighted by Crippen LogP contribution is 2.28. The lowest BCUT2D eigenvalue weighted by Crippen LogP contribution is -2.23. The number of halogens is 1. The normalized spacial score (nSPS) is 12.6. The monoisotopic (exact) mass is 371 g/mol. The molecular weight excluding hydrogens is 353 g/mol. The van der Waals surface area contributed by atoms with Crippen molar-refractivity contribution >= 4 is 33.9 Å². The zero-order chi connectivity index (χ0) is 13.0. The number of thiophene rings is 1. The number of rotatable bonds is 5. The van der Waals surface area contributed by atoms with E-state index in [2.05, 4.69) is 77.5 Å². The van der Waals surface area contributed by atoms with Crippen molar-refractivity contribution in [2.45, 2.75) is 26.3 Å². The number of hydrogen-bond acceptors (Lipinski definition) is 2. The summed E-state index contributed by atoms with van der Waals surface area (Å²) in [6.07, 6.45) is 1.16. The molecule has 1 nitrogen and oxygen atoms in total. The maximum Gasteiger partial charge on any atom is 0.0587 e. The Labute approximate surface area is 127 Å². The lowest BCUT2D eigenvalue weighted by molar-refractivity contribution is 0.598. The highest BCUT2D eigenvalue weighted by molar-refractivity contribution is 14.1. The van der Waals surface area contributed by atoms with E-state index < -0.39 is 0 Å². The summed E-state index contributed by atoms with van der Waals surface area (Å²) in [6.45, 7) is 5.46. The molecule has 3 heteroatoms.